The van der Waals surface area contributed by atoms with E-state index < -0.39 is 0 Å². The number of carbonyl (C=O) groups excluding carboxylic acids is 1. The van der Waals surface area contributed by atoms with Crippen LogP contribution in [0, 0.1) is 11.3 Å². The normalized spacial score (nSPS) is 21.9. The SMILES string of the molecule is CCC(=O)N1CCC(C)(CC(C)CC)CC1. The molecule has 1 atom stereocenters. The molecule has 1 heterocycles. The van der Waals surface area contributed by atoms with E-state index in [0.29, 0.717) is 17.7 Å². The highest BCUT2D eigenvalue weighted by atomic mass is 16.2. The van der Waals surface area contributed by atoms with E-state index in [2.05, 4.69) is 20.8 Å². The minimum atomic E-state index is 0.325. The number of hydrogen-bond donors (Lipinski definition) is 0. The van der Waals surface area contributed by atoms with Crippen molar-refractivity contribution < 1.29 is 4.79 Å². The minimum Gasteiger partial charge on any atom is -0.343 e. The number of piperidine rings is 1. The lowest BCUT2D eigenvalue weighted by Crippen LogP contribution is -2.42. The molecule has 1 amide bonds. The van der Waals surface area contributed by atoms with Gasteiger partial charge in [-0.05, 0) is 30.6 Å². The van der Waals surface area contributed by atoms with Crippen molar-refractivity contribution in [1.82, 2.24) is 4.90 Å². The molecule has 2 heteroatoms. The maximum absolute atomic E-state index is 11.6. The summed E-state index contributed by atoms with van der Waals surface area (Å²) in [5, 5.41) is 0. The summed E-state index contributed by atoms with van der Waals surface area (Å²) in [7, 11) is 0. The highest BCUT2D eigenvalue weighted by Gasteiger charge is 2.32. The molecule has 1 fully saturated rings. The lowest BCUT2D eigenvalue weighted by molar-refractivity contribution is -0.133. The third-order valence-corrected chi connectivity index (χ3v) is 4.16. The third kappa shape index (κ3) is 3.50. The Hall–Kier alpha value is -0.530. The molecule has 0 aromatic carbocycles. The van der Waals surface area contributed by atoms with Crippen molar-refractivity contribution in [2.45, 2.75) is 59.8 Å². The zero-order valence-corrected chi connectivity index (χ0v) is 11.4. The number of rotatable bonds is 4. The maximum atomic E-state index is 11.6. The van der Waals surface area contributed by atoms with Crippen LogP contribution in [0.1, 0.15) is 59.8 Å². The molecule has 1 aliphatic heterocycles. The fourth-order valence-corrected chi connectivity index (χ4v) is 2.71. The van der Waals surface area contributed by atoms with Crippen molar-refractivity contribution >= 4 is 5.91 Å². The fraction of sp³-hybridized carbons (Fsp3) is 0.929. The first-order valence-electron chi connectivity index (χ1n) is 6.78. The van der Waals surface area contributed by atoms with E-state index in [4.69, 9.17) is 0 Å². The van der Waals surface area contributed by atoms with Gasteiger partial charge in [-0.3, -0.25) is 4.79 Å². The van der Waals surface area contributed by atoms with Crippen LogP contribution < -0.4 is 0 Å². The predicted molar refractivity (Wildman–Crippen MR) is 68.3 cm³/mol. The lowest BCUT2D eigenvalue weighted by Gasteiger charge is -2.40. The largest absolute Gasteiger partial charge is 0.343 e. The van der Waals surface area contributed by atoms with E-state index in [9.17, 15) is 4.79 Å². The quantitative estimate of drug-likeness (QED) is 0.717. The molecule has 2 nitrogen and oxygen atoms in total. The first-order valence-corrected chi connectivity index (χ1v) is 6.78. The van der Waals surface area contributed by atoms with Crippen molar-refractivity contribution in [2.75, 3.05) is 13.1 Å². The van der Waals surface area contributed by atoms with E-state index in [1.807, 2.05) is 11.8 Å². The smallest absolute Gasteiger partial charge is 0.222 e. The van der Waals surface area contributed by atoms with Gasteiger partial charge in [-0.1, -0.05) is 34.1 Å². The van der Waals surface area contributed by atoms with Crippen molar-refractivity contribution in [3.63, 3.8) is 0 Å². The number of carbonyl (C=O) groups is 1. The van der Waals surface area contributed by atoms with Crippen molar-refractivity contribution in [3.05, 3.63) is 0 Å². The Kier molecular flexibility index (Phi) is 4.82. The van der Waals surface area contributed by atoms with Crippen LogP contribution >= 0.6 is 0 Å². The summed E-state index contributed by atoms with van der Waals surface area (Å²) in [6.07, 6.45) is 5.61. The van der Waals surface area contributed by atoms with Gasteiger partial charge in [-0.15, -0.1) is 0 Å². The molecule has 1 unspecified atom stereocenters. The second kappa shape index (κ2) is 5.70. The predicted octanol–water partition coefficient (Wildman–Crippen LogP) is 3.46. The fourth-order valence-electron chi connectivity index (χ4n) is 2.71. The molecular formula is C14H27NO. The Morgan fingerprint density at radius 1 is 1.31 bits per heavy atom. The Labute approximate surface area is 100 Å². The molecule has 16 heavy (non-hydrogen) atoms. The zero-order chi connectivity index (χ0) is 12.2. The first-order chi connectivity index (χ1) is 7.50. The van der Waals surface area contributed by atoms with Crippen LogP contribution in [-0.2, 0) is 4.79 Å². The van der Waals surface area contributed by atoms with Crippen LogP contribution in [0.4, 0.5) is 0 Å². The van der Waals surface area contributed by atoms with E-state index in [-0.39, 0.29) is 0 Å². The lowest BCUT2D eigenvalue weighted by atomic mass is 9.73. The molecule has 1 saturated heterocycles. The standard InChI is InChI=1S/C14H27NO/c1-5-12(3)11-14(4)7-9-15(10-8-14)13(16)6-2/h12H,5-11H2,1-4H3. The highest BCUT2D eigenvalue weighted by molar-refractivity contribution is 5.75. The molecule has 0 aliphatic carbocycles. The summed E-state index contributed by atoms with van der Waals surface area (Å²) >= 11 is 0. The van der Waals surface area contributed by atoms with Crippen molar-refractivity contribution in [3.8, 4) is 0 Å². The van der Waals surface area contributed by atoms with Crippen LogP contribution in [0.3, 0.4) is 0 Å². The minimum absolute atomic E-state index is 0.325. The van der Waals surface area contributed by atoms with Crippen LogP contribution in [0.2, 0.25) is 0 Å². The van der Waals surface area contributed by atoms with Crippen LogP contribution in [-0.4, -0.2) is 23.9 Å². The van der Waals surface area contributed by atoms with E-state index >= 15 is 0 Å². The van der Waals surface area contributed by atoms with Gasteiger partial charge in [0.25, 0.3) is 0 Å². The Morgan fingerprint density at radius 2 is 1.88 bits per heavy atom. The average molecular weight is 225 g/mol. The second-order valence-corrected chi connectivity index (χ2v) is 5.76. The van der Waals surface area contributed by atoms with Gasteiger partial charge < -0.3 is 4.90 Å². The maximum Gasteiger partial charge on any atom is 0.222 e. The van der Waals surface area contributed by atoms with E-state index in [1.165, 1.54) is 25.7 Å². The first kappa shape index (κ1) is 13.5. The van der Waals surface area contributed by atoms with Gasteiger partial charge in [0, 0.05) is 19.5 Å². The van der Waals surface area contributed by atoms with Gasteiger partial charge in [0.15, 0.2) is 0 Å². The van der Waals surface area contributed by atoms with Crippen LogP contribution in [0.15, 0.2) is 0 Å². The molecule has 0 aromatic heterocycles. The zero-order valence-electron chi connectivity index (χ0n) is 11.4. The Morgan fingerprint density at radius 3 is 2.31 bits per heavy atom. The second-order valence-electron chi connectivity index (χ2n) is 5.76. The van der Waals surface area contributed by atoms with Gasteiger partial charge >= 0.3 is 0 Å². The summed E-state index contributed by atoms with van der Waals surface area (Å²) < 4.78 is 0. The van der Waals surface area contributed by atoms with Crippen LogP contribution in [0.25, 0.3) is 0 Å². The topological polar surface area (TPSA) is 20.3 Å². The Balaban J connectivity index is 2.43. The van der Waals surface area contributed by atoms with Gasteiger partial charge in [-0.2, -0.15) is 0 Å². The summed E-state index contributed by atoms with van der Waals surface area (Å²) in [6, 6.07) is 0. The third-order valence-electron chi connectivity index (χ3n) is 4.16. The van der Waals surface area contributed by atoms with Gasteiger partial charge in [0.2, 0.25) is 5.91 Å². The summed E-state index contributed by atoms with van der Waals surface area (Å²) in [6.45, 7) is 10.9. The number of amides is 1. The van der Waals surface area contributed by atoms with Crippen molar-refractivity contribution in [2.24, 2.45) is 11.3 Å². The molecule has 1 rings (SSSR count). The molecule has 94 valence electrons. The summed E-state index contributed by atoms with van der Waals surface area (Å²) in [5.41, 5.74) is 0.472. The van der Waals surface area contributed by atoms with Crippen molar-refractivity contribution in [1.29, 1.82) is 0 Å². The molecule has 0 saturated carbocycles. The molecule has 0 spiro atoms. The highest BCUT2D eigenvalue weighted by Crippen LogP contribution is 2.37. The van der Waals surface area contributed by atoms with Gasteiger partial charge in [0.1, 0.15) is 0 Å². The molecule has 0 radical (unpaired) electrons. The van der Waals surface area contributed by atoms with E-state index in [0.717, 1.165) is 19.0 Å². The Bertz CT molecular complexity index is 229. The molecule has 0 aromatic rings. The molecule has 0 bridgehead atoms. The van der Waals surface area contributed by atoms with Gasteiger partial charge in [-0.25, -0.2) is 0 Å². The average Bonchev–Trinajstić information content (AvgIpc) is 2.28. The monoisotopic (exact) mass is 225 g/mol. The molecule has 1 aliphatic rings. The number of likely N-dealkylation sites (tertiary alicyclic amines) is 1. The molecular weight excluding hydrogens is 198 g/mol. The summed E-state index contributed by atoms with van der Waals surface area (Å²) in [4.78, 5) is 13.6. The van der Waals surface area contributed by atoms with E-state index in [1.54, 1.807) is 0 Å². The number of nitrogens with zero attached hydrogens (tertiary/aromatic N) is 1. The van der Waals surface area contributed by atoms with Gasteiger partial charge in [0.05, 0.1) is 0 Å². The van der Waals surface area contributed by atoms with Crippen LogP contribution in [0.5, 0.6) is 0 Å². The number of hydrogen-bond acceptors (Lipinski definition) is 1. The molecule has 0 N–H and O–H groups in total. The summed E-state index contributed by atoms with van der Waals surface area (Å²) in [5.74, 6) is 1.14.